The molecule has 0 aromatic rings. The fourth-order valence-electron chi connectivity index (χ4n) is 2.44. The van der Waals surface area contributed by atoms with Gasteiger partial charge in [-0.25, -0.2) is 0 Å². The molecule has 0 aliphatic heterocycles. The molecule has 0 amide bonds. The highest BCUT2D eigenvalue weighted by atomic mass is 31.3. The molecule has 0 atom stereocenters. The van der Waals surface area contributed by atoms with E-state index in [4.69, 9.17) is 110 Å². The van der Waals surface area contributed by atoms with E-state index in [1.807, 2.05) is 0 Å². The van der Waals surface area contributed by atoms with Gasteiger partial charge < -0.3 is 110 Å². The number of carboxylic acids is 4. The summed E-state index contributed by atoms with van der Waals surface area (Å²) < 4.78 is 78.8. The molecule has 44 heteroatoms. The van der Waals surface area contributed by atoms with E-state index in [0.717, 1.165) is 9.80 Å². The number of nitrogens with two attached hydrogens (primary N) is 2. The van der Waals surface area contributed by atoms with Gasteiger partial charge in [0.15, 0.2) is 23.6 Å². The molecule has 0 unspecified atom stereocenters. The summed E-state index contributed by atoms with van der Waals surface area (Å²) in [7, 11) is -36.4. The molecular formula is C16H48N4O32P8. The van der Waals surface area contributed by atoms with Crippen molar-refractivity contribution < 1.29 is 154 Å². The number of aliphatic carboxylic acids is 4. The Morgan fingerprint density at radius 2 is 0.433 bits per heavy atom. The van der Waals surface area contributed by atoms with E-state index in [9.17, 15) is 55.7 Å². The van der Waals surface area contributed by atoms with Crippen LogP contribution >= 0.6 is 60.8 Å². The van der Waals surface area contributed by atoms with Crippen LogP contribution in [0.15, 0.2) is 0 Å². The van der Waals surface area contributed by atoms with Gasteiger partial charge in [0.2, 0.25) is 0 Å². The van der Waals surface area contributed by atoms with Crippen LogP contribution in [0.3, 0.4) is 0 Å². The van der Waals surface area contributed by atoms with Gasteiger partial charge in [-0.1, -0.05) is 0 Å². The van der Waals surface area contributed by atoms with Gasteiger partial charge in [-0.3, -0.25) is 65.5 Å². The molecule has 0 heterocycles. The molecule has 0 aliphatic rings. The Kier molecular flexibility index (Phi) is 37.3. The number of carbonyl (C=O) groups is 4. The molecular weight excluding hydrogens is 1010 g/mol. The third kappa shape index (κ3) is 88.2. The van der Waals surface area contributed by atoms with Crippen molar-refractivity contribution in [1.82, 2.24) is 9.80 Å². The molecule has 364 valence electrons. The monoisotopic (exact) mass is 1060 g/mol. The van der Waals surface area contributed by atoms with Crippen molar-refractivity contribution in [3.8, 4) is 0 Å². The van der Waals surface area contributed by atoms with Gasteiger partial charge in [0.1, 0.15) is 0 Å². The van der Waals surface area contributed by atoms with Crippen LogP contribution in [0.5, 0.6) is 0 Å². The van der Waals surface area contributed by atoms with Crippen LogP contribution in [0.2, 0.25) is 0 Å². The van der Waals surface area contributed by atoms with Crippen LogP contribution in [0.4, 0.5) is 0 Å². The highest BCUT2D eigenvalue weighted by Gasteiger charge is 2.29. The summed E-state index contributed by atoms with van der Waals surface area (Å²) >= 11 is 0. The molecule has 36 nitrogen and oxygen atoms in total. The molecule has 0 radical (unpaired) electrons. The van der Waals surface area contributed by atoms with Gasteiger partial charge >= 0.3 is 84.6 Å². The highest BCUT2D eigenvalue weighted by Crippen LogP contribution is 2.53. The molecule has 0 saturated carbocycles. The normalized spacial score (nSPS) is 12.3. The van der Waals surface area contributed by atoms with E-state index in [0.29, 0.717) is 13.1 Å². The molecule has 0 fully saturated rings. The maximum Gasteiger partial charge on any atom is 0.337 e. The van der Waals surface area contributed by atoms with Crippen molar-refractivity contribution >= 4 is 84.6 Å². The van der Waals surface area contributed by atoms with E-state index in [1.165, 1.54) is 0 Å². The molecule has 0 saturated heterocycles. The maximum atomic E-state index is 10.6. The van der Waals surface area contributed by atoms with Crippen LogP contribution in [0.1, 0.15) is 0 Å². The summed E-state index contributed by atoms with van der Waals surface area (Å²) in [5.74, 6) is -10.4. The van der Waals surface area contributed by atoms with Crippen LogP contribution in [-0.2, 0) is 55.7 Å². The van der Waals surface area contributed by atoms with Crippen LogP contribution in [0, 0.1) is 0 Å². The average molecular weight is 1060 g/mol. The first-order valence-corrected chi connectivity index (χ1v) is 28.4. The van der Waals surface area contributed by atoms with Gasteiger partial charge in [-0.05, 0) is 0 Å². The van der Waals surface area contributed by atoms with Gasteiger partial charge in [-0.15, -0.1) is 0 Å². The van der Waals surface area contributed by atoms with Gasteiger partial charge in [0.25, 0.3) is 0 Å². The minimum Gasteiger partial charge on any atom is -0.480 e. The largest absolute Gasteiger partial charge is 0.480 e. The van der Waals surface area contributed by atoms with Crippen molar-refractivity contribution in [1.29, 1.82) is 0 Å². The second-order valence-electron chi connectivity index (χ2n) is 10.5. The fourth-order valence-corrected chi connectivity index (χ4v) is 10.1. The highest BCUT2D eigenvalue weighted by molar-refractivity contribution is 7.70. The van der Waals surface area contributed by atoms with Crippen molar-refractivity contribution in [2.45, 2.75) is 0 Å². The Bertz CT molecular complexity index is 1360. The SMILES string of the molecule is NCCN.O=C(O)CN(CCN(CC(=O)O)CC(=O)O)CC(=O)O.O=P(O)(O)CP(=O)(O)O.O=P(O)(O)CP(=O)(O)O.O=P(O)(O)CP(=O)(O)O.O=P(O)(O)CP(=O)(O)O. The minimum atomic E-state index is -4.55. The maximum absolute atomic E-state index is 10.6. The Morgan fingerprint density at radius 3 is 0.483 bits per heavy atom. The smallest absolute Gasteiger partial charge is 0.337 e. The number of rotatable bonds is 20. The average Bonchev–Trinajstić information content (AvgIpc) is 2.83. The summed E-state index contributed by atoms with van der Waals surface area (Å²) in [6, 6.07) is 0. The molecule has 0 spiro atoms. The van der Waals surface area contributed by atoms with Crippen molar-refractivity contribution in [3.05, 3.63) is 0 Å². The number of hydrogen-bond donors (Lipinski definition) is 22. The predicted octanol–water partition coefficient (Wildman–Crippen LogP) is -5.97. The first-order valence-electron chi connectivity index (χ1n) is 14.0. The van der Waals surface area contributed by atoms with Crippen molar-refractivity contribution in [2.75, 3.05) is 76.0 Å². The fraction of sp³-hybridized carbons (Fsp3) is 0.750. The van der Waals surface area contributed by atoms with E-state index in [-0.39, 0.29) is 13.1 Å². The molecule has 60 heavy (non-hydrogen) atoms. The first-order chi connectivity index (χ1) is 25.9. The molecule has 0 aromatic carbocycles. The summed E-state index contributed by atoms with van der Waals surface area (Å²) in [6.07, 6.45) is 0. The minimum absolute atomic E-state index is 0.0703. The third-order valence-electron chi connectivity index (χ3n) is 3.81. The van der Waals surface area contributed by atoms with Gasteiger partial charge in [-0.2, -0.15) is 0 Å². The lowest BCUT2D eigenvalue weighted by atomic mass is 10.4. The van der Waals surface area contributed by atoms with Crippen LogP contribution < -0.4 is 11.5 Å². The second kappa shape index (κ2) is 31.7. The summed E-state index contributed by atoms with van der Waals surface area (Å²) in [6.45, 7) is -1.06. The van der Waals surface area contributed by atoms with Crippen LogP contribution in [0.25, 0.3) is 0 Å². The summed E-state index contributed by atoms with van der Waals surface area (Å²) in [5, 5.41) is 34.5. The number of hydrogen-bond acceptors (Lipinski definition) is 16. The molecule has 0 rings (SSSR count). The lowest BCUT2D eigenvalue weighted by molar-refractivity contribution is -0.145. The third-order valence-corrected chi connectivity index (χ3v) is 15.6. The number of nitrogens with zero attached hydrogens (tertiary/aromatic N) is 2. The Morgan fingerprint density at radius 1 is 0.317 bits per heavy atom. The zero-order chi connectivity index (χ0) is 49.9. The predicted molar refractivity (Wildman–Crippen MR) is 197 cm³/mol. The molecule has 0 aliphatic carbocycles. The Labute approximate surface area is 336 Å². The standard InChI is InChI=1S/C10H16N2O8.C2H8N2.4CH6O6P2/c13-7(14)3-11(4-8(15)16)1-2-12(5-9(17)18)6-10(19)20;3-1-2-4;4*2-8(3,4)1-9(5,6)7/h1-6H2,(H,13,14)(H,15,16)(H,17,18)(H,19,20);1-4H2;4*1H2,(H2,2,3,4)(H2,5,6,7). The quantitative estimate of drug-likeness (QED) is 0.0505. The second-order valence-corrected chi connectivity index (χ2v) is 25.6. The van der Waals surface area contributed by atoms with Gasteiger partial charge in [0.05, 0.1) is 26.2 Å². The Hall–Kier alpha value is -1.08. The van der Waals surface area contributed by atoms with E-state index >= 15 is 0 Å². The van der Waals surface area contributed by atoms with Crippen molar-refractivity contribution in [2.24, 2.45) is 11.5 Å². The summed E-state index contributed by atoms with van der Waals surface area (Å²) in [5.41, 5.74) is 9.81. The van der Waals surface area contributed by atoms with Crippen LogP contribution in [-0.4, -0.2) is 208 Å². The lowest BCUT2D eigenvalue weighted by Crippen LogP contribution is -2.43. The molecule has 24 N–H and O–H groups in total. The zero-order valence-corrected chi connectivity index (χ0v) is 37.1. The molecule has 0 aromatic heterocycles. The number of carboxylic acid groups (broad SMARTS) is 4. The Balaban J connectivity index is -0.000000156. The van der Waals surface area contributed by atoms with Crippen molar-refractivity contribution in [3.63, 3.8) is 0 Å². The zero-order valence-electron chi connectivity index (χ0n) is 30.0. The van der Waals surface area contributed by atoms with E-state index in [2.05, 4.69) is 0 Å². The lowest BCUT2D eigenvalue weighted by Gasteiger charge is -2.23. The topological polar surface area (TPSA) is 668 Å². The summed E-state index contributed by atoms with van der Waals surface area (Å²) in [4.78, 5) is 172. The molecule has 0 bridgehead atoms. The van der Waals surface area contributed by atoms with E-state index in [1.54, 1.807) is 0 Å². The van der Waals surface area contributed by atoms with Gasteiger partial charge in [0, 0.05) is 26.2 Å². The van der Waals surface area contributed by atoms with E-state index < -0.39 is 134 Å². The first kappa shape index (κ1) is 70.6.